The van der Waals surface area contributed by atoms with Crippen LogP contribution in [0.5, 0.6) is 0 Å². The highest BCUT2D eigenvalue weighted by Gasteiger charge is 2.27. The van der Waals surface area contributed by atoms with Gasteiger partial charge in [-0.25, -0.2) is 8.42 Å². The molecule has 1 aliphatic carbocycles. The topological polar surface area (TPSA) is 34.1 Å². The molecule has 0 radical (unpaired) electrons. The number of allylic oxidation sites excluding steroid dienone is 7. The minimum absolute atomic E-state index is 0.177. The largest absolute Gasteiger partial charge is 0.223 e. The molecule has 2 rings (SSSR count). The van der Waals surface area contributed by atoms with Gasteiger partial charge in [0.2, 0.25) is 0 Å². The molecule has 158 valence electrons. The van der Waals surface area contributed by atoms with Crippen molar-refractivity contribution < 1.29 is 8.42 Å². The van der Waals surface area contributed by atoms with Crippen LogP contribution in [0.2, 0.25) is 0 Å². The number of hydrogen-bond acceptors (Lipinski definition) is 2. The van der Waals surface area contributed by atoms with E-state index in [1.54, 1.807) is 24.3 Å². The predicted octanol–water partition coefficient (Wildman–Crippen LogP) is 7.21. The highest BCUT2D eigenvalue weighted by Crippen LogP contribution is 2.40. The molecule has 1 aliphatic rings. The molecular weight excluding hydrogens is 376 g/mol. The summed E-state index contributed by atoms with van der Waals surface area (Å²) in [5.41, 5.74) is 5.08. The third kappa shape index (κ3) is 6.05. The van der Waals surface area contributed by atoms with Crippen molar-refractivity contribution in [1.82, 2.24) is 0 Å². The van der Waals surface area contributed by atoms with Gasteiger partial charge in [-0.2, -0.15) is 0 Å². The molecule has 29 heavy (non-hydrogen) atoms. The Kier molecular flexibility index (Phi) is 7.87. The van der Waals surface area contributed by atoms with Crippen LogP contribution in [0.1, 0.15) is 67.2 Å². The van der Waals surface area contributed by atoms with E-state index in [4.69, 9.17) is 0 Å². The second kappa shape index (κ2) is 9.75. The summed E-state index contributed by atoms with van der Waals surface area (Å²) < 4.78 is 26.6. The Morgan fingerprint density at radius 2 is 1.83 bits per heavy atom. The molecule has 2 nitrogen and oxygen atoms in total. The summed E-state index contributed by atoms with van der Waals surface area (Å²) in [4.78, 5) is 0.383. The lowest BCUT2D eigenvalue weighted by molar-refractivity contribution is 0.377. The van der Waals surface area contributed by atoms with Crippen molar-refractivity contribution in [2.75, 3.05) is 0 Å². The zero-order chi connectivity index (χ0) is 21.7. The van der Waals surface area contributed by atoms with E-state index in [2.05, 4.69) is 32.9 Å². The highest BCUT2D eigenvalue weighted by molar-refractivity contribution is 7.92. The third-order valence-electron chi connectivity index (χ3n) is 5.99. The van der Waals surface area contributed by atoms with Crippen molar-refractivity contribution in [3.05, 3.63) is 76.9 Å². The van der Waals surface area contributed by atoms with Gasteiger partial charge in [0.25, 0.3) is 0 Å². The summed E-state index contributed by atoms with van der Waals surface area (Å²) in [7, 11) is -3.44. The van der Waals surface area contributed by atoms with Crippen LogP contribution in [0.15, 0.2) is 81.8 Å². The van der Waals surface area contributed by atoms with Crippen LogP contribution in [0, 0.1) is 5.41 Å². The normalized spacial score (nSPS) is 19.7. The van der Waals surface area contributed by atoms with Crippen LogP contribution in [0.4, 0.5) is 0 Å². The first-order valence-electron chi connectivity index (χ1n) is 10.6. The molecular formula is C26H36O2S. The van der Waals surface area contributed by atoms with Crippen molar-refractivity contribution >= 4 is 9.84 Å². The van der Waals surface area contributed by atoms with Crippen LogP contribution in [-0.4, -0.2) is 13.7 Å². The zero-order valence-electron chi connectivity index (χ0n) is 18.8. The van der Waals surface area contributed by atoms with Gasteiger partial charge in [-0.05, 0) is 76.5 Å². The summed E-state index contributed by atoms with van der Waals surface area (Å²) in [5.74, 6) is 0. The summed E-state index contributed by atoms with van der Waals surface area (Å²) in [6, 6.07) is 8.78. The minimum Gasteiger partial charge on any atom is -0.223 e. The zero-order valence-corrected chi connectivity index (χ0v) is 19.6. The fourth-order valence-electron chi connectivity index (χ4n) is 4.05. The van der Waals surface area contributed by atoms with Gasteiger partial charge in [-0.1, -0.05) is 73.1 Å². The molecule has 0 aliphatic heterocycles. The second-order valence-corrected chi connectivity index (χ2v) is 11.1. The lowest BCUT2D eigenvalue weighted by Crippen LogP contribution is -2.20. The third-order valence-corrected chi connectivity index (χ3v) is 8.02. The average Bonchev–Trinajstić information content (AvgIpc) is 2.67. The molecule has 0 N–H and O–H groups in total. The molecule has 0 spiro atoms. The standard InChI is InChI=1S/C26H36O2S/c1-7-20(2)18-24(29(27,28)23-13-9-8-10-14-23)19-21(3)15-16-25-22(4)12-11-17-26(25,5)6/h7-10,13-16,19,24H,11-12,17-18H2,1-6H3. The monoisotopic (exact) mass is 412 g/mol. The van der Waals surface area contributed by atoms with E-state index in [9.17, 15) is 8.42 Å². The molecule has 1 aromatic rings. The van der Waals surface area contributed by atoms with Gasteiger partial charge >= 0.3 is 0 Å². The molecule has 0 aromatic heterocycles. The lowest BCUT2D eigenvalue weighted by Gasteiger charge is -2.33. The van der Waals surface area contributed by atoms with E-state index in [0.29, 0.717) is 11.3 Å². The first-order chi connectivity index (χ1) is 13.6. The van der Waals surface area contributed by atoms with Crippen molar-refractivity contribution in [1.29, 1.82) is 0 Å². The number of sulfone groups is 1. The molecule has 0 bridgehead atoms. The van der Waals surface area contributed by atoms with Gasteiger partial charge in [0.1, 0.15) is 0 Å². The van der Waals surface area contributed by atoms with Crippen LogP contribution in [0.3, 0.4) is 0 Å². The maximum atomic E-state index is 13.3. The Morgan fingerprint density at radius 3 is 2.41 bits per heavy atom. The summed E-state index contributed by atoms with van der Waals surface area (Å²) in [6.07, 6.45) is 12.3. The SMILES string of the molecule is CC=C(C)CC(C=C(C)C=CC1=C(C)CCCC1(C)C)S(=O)(=O)c1ccccc1. The maximum Gasteiger partial charge on any atom is 0.185 e. The molecule has 0 saturated heterocycles. The van der Waals surface area contributed by atoms with Crippen molar-refractivity contribution in [2.45, 2.75) is 77.4 Å². The maximum absolute atomic E-state index is 13.3. The van der Waals surface area contributed by atoms with Crippen molar-refractivity contribution in [3.8, 4) is 0 Å². The molecule has 0 heterocycles. The van der Waals surface area contributed by atoms with Crippen LogP contribution in [0.25, 0.3) is 0 Å². The molecule has 0 amide bonds. The van der Waals surface area contributed by atoms with Crippen molar-refractivity contribution in [2.24, 2.45) is 5.41 Å². The quantitative estimate of drug-likeness (QED) is 0.350. The van der Waals surface area contributed by atoms with E-state index in [-0.39, 0.29) is 5.41 Å². The Hall–Kier alpha value is -1.87. The lowest BCUT2D eigenvalue weighted by atomic mass is 9.72. The second-order valence-electron chi connectivity index (χ2n) is 8.91. The van der Waals surface area contributed by atoms with Gasteiger partial charge in [0.15, 0.2) is 9.84 Å². The fourth-order valence-corrected chi connectivity index (χ4v) is 5.81. The van der Waals surface area contributed by atoms with E-state index in [1.807, 2.05) is 39.0 Å². The molecule has 0 saturated carbocycles. The summed E-state index contributed by atoms with van der Waals surface area (Å²) in [5, 5.41) is -0.569. The van der Waals surface area contributed by atoms with E-state index in [0.717, 1.165) is 17.6 Å². The van der Waals surface area contributed by atoms with Crippen LogP contribution < -0.4 is 0 Å². The van der Waals surface area contributed by atoms with Gasteiger partial charge in [-0.3, -0.25) is 0 Å². The molecule has 1 aromatic carbocycles. The molecule has 3 heteroatoms. The van der Waals surface area contributed by atoms with Gasteiger partial charge in [0, 0.05) is 0 Å². The van der Waals surface area contributed by atoms with Gasteiger partial charge in [-0.15, -0.1) is 0 Å². The van der Waals surface area contributed by atoms with Gasteiger partial charge in [0.05, 0.1) is 10.1 Å². The smallest absolute Gasteiger partial charge is 0.185 e. The molecule has 1 atom stereocenters. The Balaban J connectivity index is 2.38. The van der Waals surface area contributed by atoms with Crippen molar-refractivity contribution in [3.63, 3.8) is 0 Å². The first-order valence-corrected chi connectivity index (χ1v) is 12.1. The minimum atomic E-state index is -3.44. The predicted molar refractivity (Wildman–Crippen MR) is 125 cm³/mol. The first kappa shape index (κ1) is 23.4. The fraction of sp³-hybridized carbons (Fsp3) is 0.462. The van der Waals surface area contributed by atoms with Crippen LogP contribution >= 0.6 is 0 Å². The summed E-state index contributed by atoms with van der Waals surface area (Å²) in [6.45, 7) is 12.8. The van der Waals surface area contributed by atoms with Gasteiger partial charge < -0.3 is 0 Å². The number of hydrogen-bond donors (Lipinski definition) is 0. The van der Waals surface area contributed by atoms with Crippen LogP contribution in [-0.2, 0) is 9.84 Å². The Labute approximate surface area is 178 Å². The van der Waals surface area contributed by atoms with E-state index in [1.165, 1.54) is 24.0 Å². The molecule has 0 fully saturated rings. The Bertz CT molecular complexity index is 926. The average molecular weight is 413 g/mol. The highest BCUT2D eigenvalue weighted by atomic mass is 32.2. The number of rotatable bonds is 7. The molecule has 1 unspecified atom stereocenters. The Morgan fingerprint density at radius 1 is 1.17 bits per heavy atom. The summed E-state index contributed by atoms with van der Waals surface area (Å²) >= 11 is 0. The van der Waals surface area contributed by atoms with E-state index < -0.39 is 15.1 Å². The van der Waals surface area contributed by atoms with E-state index >= 15 is 0 Å². The number of benzene rings is 1.